The van der Waals surface area contributed by atoms with E-state index in [2.05, 4.69) is 26.0 Å². The van der Waals surface area contributed by atoms with Crippen LogP contribution in [0.25, 0.3) is 0 Å². The van der Waals surface area contributed by atoms with Crippen LogP contribution in [0.15, 0.2) is 12.2 Å². The third kappa shape index (κ3) is 52.1. The summed E-state index contributed by atoms with van der Waals surface area (Å²) in [6.45, 7) is 5.48. The SMILES string of the molecule is CCCCCCCCCC/C=C\CCCCCCCCCCCCCCCC(=O)OC(COCCCCCCCCCCCCCCCCCC)COP(=O)([O-])OCC[N+](C)(C)C. The molecule has 376 valence electrons. The number of carbonyl (C=O) groups is 1. The van der Waals surface area contributed by atoms with Gasteiger partial charge in [-0.2, -0.15) is 0 Å². The molecule has 0 amide bonds. The topological polar surface area (TPSA) is 94.1 Å². The second kappa shape index (κ2) is 47.7. The van der Waals surface area contributed by atoms with Crippen LogP contribution in [0.5, 0.6) is 0 Å². The van der Waals surface area contributed by atoms with E-state index >= 15 is 0 Å². The number of hydrogen-bond donors (Lipinski definition) is 0. The number of nitrogens with zero attached hydrogens (tertiary/aromatic N) is 1. The molecule has 0 radical (unpaired) electrons. The van der Waals surface area contributed by atoms with Crippen molar-refractivity contribution in [1.82, 2.24) is 0 Å². The van der Waals surface area contributed by atoms with Crippen molar-refractivity contribution in [2.45, 2.75) is 277 Å². The maximum absolute atomic E-state index is 12.8. The quantitative estimate of drug-likeness (QED) is 0.0197. The Balaban J connectivity index is 4.03. The molecule has 0 aliphatic heterocycles. The number of phosphoric ester groups is 1. The summed E-state index contributed by atoms with van der Waals surface area (Å²) in [7, 11) is 1.37. The van der Waals surface area contributed by atoms with E-state index in [1.54, 1.807) is 0 Å². The predicted molar refractivity (Wildman–Crippen MR) is 268 cm³/mol. The van der Waals surface area contributed by atoms with E-state index in [1.165, 1.54) is 218 Å². The van der Waals surface area contributed by atoms with Crippen LogP contribution >= 0.6 is 7.82 Å². The molecule has 2 atom stereocenters. The molecule has 0 spiro atoms. The van der Waals surface area contributed by atoms with Gasteiger partial charge in [0.05, 0.1) is 34.4 Å². The Morgan fingerprint density at radius 2 is 0.825 bits per heavy atom. The van der Waals surface area contributed by atoms with Gasteiger partial charge in [0, 0.05) is 13.0 Å². The van der Waals surface area contributed by atoms with Crippen LogP contribution in [0.1, 0.15) is 271 Å². The van der Waals surface area contributed by atoms with E-state index in [4.69, 9.17) is 18.5 Å². The van der Waals surface area contributed by atoms with E-state index < -0.39 is 13.9 Å². The van der Waals surface area contributed by atoms with Crippen molar-refractivity contribution >= 4 is 13.8 Å². The number of unbranched alkanes of at least 4 members (excludes halogenated alkanes) is 36. The zero-order valence-electron chi connectivity index (χ0n) is 42.8. The summed E-state index contributed by atoms with van der Waals surface area (Å²) in [6.07, 6.45) is 55.3. The van der Waals surface area contributed by atoms with Gasteiger partial charge < -0.3 is 27.9 Å². The lowest BCUT2D eigenvalue weighted by molar-refractivity contribution is -0.870. The molecule has 0 rings (SSSR count). The van der Waals surface area contributed by atoms with Crippen LogP contribution in [0, 0.1) is 0 Å². The lowest BCUT2D eigenvalue weighted by Crippen LogP contribution is -2.37. The molecular formula is C54H108NO7P. The van der Waals surface area contributed by atoms with E-state index in [0.29, 0.717) is 24.1 Å². The van der Waals surface area contributed by atoms with Gasteiger partial charge in [-0.15, -0.1) is 0 Å². The van der Waals surface area contributed by atoms with Crippen molar-refractivity contribution in [3.63, 3.8) is 0 Å². The molecule has 0 fully saturated rings. The summed E-state index contributed by atoms with van der Waals surface area (Å²) >= 11 is 0. The highest BCUT2D eigenvalue weighted by atomic mass is 31.2. The van der Waals surface area contributed by atoms with Crippen LogP contribution < -0.4 is 4.89 Å². The summed E-state index contributed by atoms with van der Waals surface area (Å²) in [6, 6.07) is 0. The lowest BCUT2D eigenvalue weighted by Gasteiger charge is -2.28. The lowest BCUT2D eigenvalue weighted by atomic mass is 10.0. The minimum Gasteiger partial charge on any atom is -0.756 e. The zero-order chi connectivity index (χ0) is 46.2. The molecule has 0 aromatic rings. The molecular weight excluding hydrogens is 806 g/mol. The molecule has 63 heavy (non-hydrogen) atoms. The van der Waals surface area contributed by atoms with E-state index in [0.717, 1.165) is 32.1 Å². The van der Waals surface area contributed by atoms with Gasteiger partial charge in [-0.1, -0.05) is 238 Å². The molecule has 0 aromatic carbocycles. The molecule has 0 N–H and O–H groups in total. The van der Waals surface area contributed by atoms with Gasteiger partial charge in [-0.05, 0) is 38.5 Å². The smallest absolute Gasteiger partial charge is 0.306 e. The van der Waals surface area contributed by atoms with Crippen LogP contribution in [0.2, 0.25) is 0 Å². The predicted octanol–water partition coefficient (Wildman–Crippen LogP) is 16.3. The molecule has 0 heterocycles. The van der Waals surface area contributed by atoms with Crippen molar-refractivity contribution in [3.05, 3.63) is 12.2 Å². The van der Waals surface area contributed by atoms with Crippen molar-refractivity contribution in [3.8, 4) is 0 Å². The maximum Gasteiger partial charge on any atom is 0.306 e. The Hall–Kier alpha value is -0.760. The number of ether oxygens (including phenoxy) is 2. The highest BCUT2D eigenvalue weighted by molar-refractivity contribution is 7.45. The second-order valence-corrected chi connectivity index (χ2v) is 21.4. The Labute approximate surface area is 392 Å². The number of hydrogen-bond acceptors (Lipinski definition) is 7. The van der Waals surface area contributed by atoms with Gasteiger partial charge in [0.15, 0.2) is 0 Å². The van der Waals surface area contributed by atoms with Gasteiger partial charge in [-0.3, -0.25) is 9.36 Å². The summed E-state index contributed by atoms with van der Waals surface area (Å²) < 4.78 is 34.8. The van der Waals surface area contributed by atoms with Crippen molar-refractivity contribution in [2.24, 2.45) is 0 Å². The Kier molecular flexibility index (Phi) is 47.1. The molecule has 0 aliphatic rings. The minimum atomic E-state index is -4.53. The van der Waals surface area contributed by atoms with Gasteiger partial charge in [-0.25, -0.2) is 0 Å². The summed E-state index contributed by atoms with van der Waals surface area (Å²) in [5, 5.41) is 0. The first-order valence-electron chi connectivity index (χ1n) is 27.4. The summed E-state index contributed by atoms with van der Waals surface area (Å²) in [4.78, 5) is 25.2. The Morgan fingerprint density at radius 1 is 0.476 bits per heavy atom. The van der Waals surface area contributed by atoms with Crippen LogP contribution in [0.4, 0.5) is 0 Å². The minimum absolute atomic E-state index is 0.0302. The molecule has 0 aliphatic carbocycles. The summed E-state index contributed by atoms with van der Waals surface area (Å²) in [5.74, 6) is -0.327. The van der Waals surface area contributed by atoms with Crippen molar-refractivity contribution in [2.75, 3.05) is 54.1 Å². The maximum atomic E-state index is 12.8. The fourth-order valence-electron chi connectivity index (χ4n) is 8.07. The number of rotatable bonds is 52. The summed E-state index contributed by atoms with van der Waals surface area (Å²) in [5.41, 5.74) is 0. The fraction of sp³-hybridized carbons (Fsp3) is 0.944. The number of allylic oxidation sites excluding steroid dienone is 2. The average molecular weight is 914 g/mol. The molecule has 0 bridgehead atoms. The zero-order valence-corrected chi connectivity index (χ0v) is 43.7. The number of quaternary nitrogens is 1. The first-order chi connectivity index (χ1) is 30.6. The van der Waals surface area contributed by atoms with Crippen LogP contribution in [-0.2, 0) is 27.9 Å². The van der Waals surface area contributed by atoms with E-state index in [9.17, 15) is 14.3 Å². The Bertz CT molecular complexity index is 1020. The number of carbonyl (C=O) groups excluding carboxylic acids is 1. The fourth-order valence-corrected chi connectivity index (χ4v) is 8.80. The number of esters is 1. The number of phosphoric acid groups is 1. The molecule has 0 saturated heterocycles. The Morgan fingerprint density at radius 3 is 1.21 bits per heavy atom. The number of likely N-dealkylation sites (N-methyl/N-ethyl adjacent to an activating group) is 1. The van der Waals surface area contributed by atoms with Crippen LogP contribution in [-0.4, -0.2) is 70.7 Å². The van der Waals surface area contributed by atoms with Crippen LogP contribution in [0.3, 0.4) is 0 Å². The molecule has 0 saturated carbocycles. The van der Waals surface area contributed by atoms with Gasteiger partial charge >= 0.3 is 5.97 Å². The molecule has 0 aromatic heterocycles. The normalized spacial score (nSPS) is 13.6. The second-order valence-electron chi connectivity index (χ2n) is 20.0. The first kappa shape index (κ1) is 62.2. The standard InChI is InChI=1S/C54H108NO7P/c1-6-8-10-12-14-16-18-20-22-24-25-26-27-28-29-30-31-32-33-35-37-39-41-43-45-47-54(56)62-53(52-61-63(57,58)60-50-48-55(3,4)5)51-59-49-46-44-42-40-38-36-34-23-21-19-17-15-13-11-9-7-2/h24-25,53H,6-23,26-52H2,1-5H3/b25-24-. The van der Waals surface area contributed by atoms with Gasteiger partial charge in [0.25, 0.3) is 7.82 Å². The van der Waals surface area contributed by atoms with E-state index in [1.807, 2.05) is 21.1 Å². The third-order valence-electron chi connectivity index (χ3n) is 12.3. The first-order valence-corrected chi connectivity index (χ1v) is 28.9. The highest BCUT2D eigenvalue weighted by Gasteiger charge is 2.20. The van der Waals surface area contributed by atoms with Crippen molar-refractivity contribution in [1.29, 1.82) is 0 Å². The average Bonchev–Trinajstić information content (AvgIpc) is 3.24. The molecule has 9 heteroatoms. The largest absolute Gasteiger partial charge is 0.756 e. The molecule has 8 nitrogen and oxygen atoms in total. The third-order valence-corrected chi connectivity index (χ3v) is 13.3. The molecule has 2 unspecified atom stereocenters. The monoisotopic (exact) mass is 914 g/mol. The van der Waals surface area contributed by atoms with Crippen molar-refractivity contribution < 1.29 is 37.3 Å². The van der Waals surface area contributed by atoms with Gasteiger partial charge in [0.2, 0.25) is 0 Å². The highest BCUT2D eigenvalue weighted by Crippen LogP contribution is 2.38. The van der Waals surface area contributed by atoms with E-state index in [-0.39, 0.29) is 25.8 Å². The van der Waals surface area contributed by atoms with Gasteiger partial charge in [0.1, 0.15) is 19.3 Å².